The maximum atomic E-state index is 14.9. The van der Waals surface area contributed by atoms with E-state index in [0.717, 1.165) is 56.7 Å². The number of aliphatic hydroxyl groups is 3. The van der Waals surface area contributed by atoms with Gasteiger partial charge in [0.1, 0.15) is 53.8 Å². The van der Waals surface area contributed by atoms with Gasteiger partial charge in [-0.25, -0.2) is 34.2 Å². The number of rotatable bonds is 31. The van der Waals surface area contributed by atoms with E-state index < -0.39 is 108 Å². The molecule has 4 aliphatic heterocycles. The van der Waals surface area contributed by atoms with E-state index in [1.807, 2.05) is 70.2 Å². The molecule has 1 saturated carbocycles. The van der Waals surface area contributed by atoms with Crippen LogP contribution in [0.25, 0.3) is 33.4 Å². The minimum absolute atomic E-state index is 0.0245. The van der Waals surface area contributed by atoms with Crippen LogP contribution in [0.2, 0.25) is 0 Å². The number of nitrogens with two attached hydrogens (primary N) is 2. The average molecular weight is 1700 g/mol. The first-order valence-electron chi connectivity index (χ1n) is 43.3. The minimum Gasteiger partial charge on any atom is -0.460 e. The van der Waals surface area contributed by atoms with Crippen molar-refractivity contribution in [3.05, 3.63) is 90.1 Å². The molecule has 122 heavy (non-hydrogen) atoms. The number of piperazine rings is 1. The van der Waals surface area contributed by atoms with Crippen molar-refractivity contribution in [2.45, 2.75) is 219 Å². The van der Waals surface area contributed by atoms with E-state index >= 15 is 0 Å². The van der Waals surface area contributed by atoms with Gasteiger partial charge in [0.2, 0.25) is 17.6 Å². The first-order chi connectivity index (χ1) is 58.7. The highest BCUT2D eigenvalue weighted by Crippen LogP contribution is 2.40. The number of amides is 3. The highest BCUT2D eigenvalue weighted by molar-refractivity contribution is 6.39. The Hall–Kier alpha value is -8.78. The third kappa shape index (κ3) is 26.9. The lowest BCUT2D eigenvalue weighted by molar-refractivity contribution is -0.265. The van der Waals surface area contributed by atoms with Gasteiger partial charge in [-0.1, -0.05) is 71.1 Å². The number of cyclic esters (lactones) is 1. The van der Waals surface area contributed by atoms with Gasteiger partial charge < -0.3 is 99.0 Å². The highest BCUT2D eigenvalue weighted by atomic mass is 16.6. The van der Waals surface area contributed by atoms with Gasteiger partial charge in [0, 0.05) is 141 Å². The van der Waals surface area contributed by atoms with Crippen molar-refractivity contribution in [2.75, 3.05) is 136 Å². The molecule has 16 atom stereocenters. The molecule has 4 fully saturated rings. The summed E-state index contributed by atoms with van der Waals surface area (Å²) in [5.74, 6) is -7.12. The Bertz CT molecular complexity index is 4320. The number of hydrogen-bond donors (Lipinski definition) is 7. The van der Waals surface area contributed by atoms with Crippen LogP contribution in [0.5, 0.6) is 0 Å². The van der Waals surface area contributed by atoms with Crippen molar-refractivity contribution in [3.8, 4) is 11.3 Å². The van der Waals surface area contributed by atoms with Gasteiger partial charge >= 0.3 is 12.1 Å². The number of nitrogens with zero attached hydrogens (tertiary/aromatic N) is 10. The summed E-state index contributed by atoms with van der Waals surface area (Å²) in [5, 5.41) is 46.3. The Morgan fingerprint density at radius 2 is 1.45 bits per heavy atom. The Morgan fingerprint density at radius 1 is 0.730 bits per heavy atom. The lowest BCUT2D eigenvalue weighted by atomic mass is 9.78. The van der Waals surface area contributed by atoms with Crippen molar-refractivity contribution in [1.82, 2.24) is 55.1 Å². The predicted molar refractivity (Wildman–Crippen MR) is 455 cm³/mol. The summed E-state index contributed by atoms with van der Waals surface area (Å²) in [4.78, 5) is 112. The molecule has 0 radical (unpaired) electrons. The quantitative estimate of drug-likeness (QED) is 0.00956. The molecule has 0 unspecified atom stereocenters. The first-order valence-corrected chi connectivity index (χ1v) is 43.3. The van der Waals surface area contributed by atoms with Crippen molar-refractivity contribution in [2.24, 2.45) is 35.5 Å². The number of benzene rings is 1. The highest BCUT2D eigenvalue weighted by Gasteiger charge is 2.53. The number of unbranched alkanes of at least 4 members (excludes halogenated alkanes) is 1. The lowest BCUT2D eigenvalue weighted by Crippen LogP contribution is -2.61. The van der Waals surface area contributed by atoms with Crippen LogP contribution in [0.1, 0.15) is 150 Å². The van der Waals surface area contributed by atoms with E-state index in [1.54, 1.807) is 64.2 Å². The number of esters is 1. The van der Waals surface area contributed by atoms with Crippen LogP contribution in [0, 0.1) is 35.5 Å². The van der Waals surface area contributed by atoms with Crippen molar-refractivity contribution in [1.29, 1.82) is 0 Å². The summed E-state index contributed by atoms with van der Waals surface area (Å²) in [7, 11) is 4.69. The fourth-order valence-corrected chi connectivity index (χ4v) is 16.9. The summed E-state index contributed by atoms with van der Waals surface area (Å²) >= 11 is 0. The summed E-state index contributed by atoms with van der Waals surface area (Å²) in [6, 6.07) is 4.42. The molecule has 672 valence electrons. The number of alkyl carbamates (subject to hydrolysis) is 1. The summed E-state index contributed by atoms with van der Waals surface area (Å²) in [6.45, 7) is 21.2. The van der Waals surface area contributed by atoms with Crippen LogP contribution >= 0.6 is 0 Å². The zero-order valence-electron chi connectivity index (χ0n) is 72.6. The van der Waals surface area contributed by atoms with Crippen LogP contribution in [-0.2, 0) is 84.4 Å². The fraction of sp³-hybridized carbons (Fsp3) is 0.659. The van der Waals surface area contributed by atoms with E-state index in [1.165, 1.54) is 18.3 Å². The molecule has 0 spiro atoms. The average Bonchev–Trinajstić information content (AvgIpc) is 1.48. The van der Waals surface area contributed by atoms with Gasteiger partial charge in [-0.3, -0.25) is 24.1 Å². The molecular formula is C88H130N14O20. The molecule has 3 saturated heterocycles. The fourth-order valence-electron chi connectivity index (χ4n) is 16.9. The number of allylic oxidation sites excluding steroid dienone is 5. The number of ether oxygens (including phenoxy) is 10. The predicted octanol–water partition coefficient (Wildman–Crippen LogP) is 7.98. The number of oxazole rings is 1. The molecule has 5 aromatic rings. The number of aliphatic hydroxyl groups excluding tert-OH is 2. The van der Waals surface area contributed by atoms with Crippen molar-refractivity contribution < 1.29 is 95.9 Å². The molecule has 1 aromatic carbocycles. The van der Waals surface area contributed by atoms with Crippen LogP contribution in [0.15, 0.2) is 88.9 Å². The molecule has 5 aliphatic rings. The molecule has 2 bridgehead atoms. The van der Waals surface area contributed by atoms with Crippen LogP contribution in [0.4, 0.5) is 22.6 Å². The van der Waals surface area contributed by atoms with Gasteiger partial charge in [-0.2, -0.15) is 10.1 Å². The van der Waals surface area contributed by atoms with E-state index in [9.17, 15) is 44.1 Å². The van der Waals surface area contributed by atoms with Gasteiger partial charge in [0.15, 0.2) is 17.0 Å². The van der Waals surface area contributed by atoms with E-state index in [-0.39, 0.29) is 68.6 Å². The van der Waals surface area contributed by atoms with Crippen molar-refractivity contribution >= 4 is 75.4 Å². The smallest absolute Gasteiger partial charge is 0.407 e. The minimum atomic E-state index is -2.47. The zero-order chi connectivity index (χ0) is 87.4. The summed E-state index contributed by atoms with van der Waals surface area (Å²) in [5.41, 5.74) is 17.1. The Labute approximate surface area is 714 Å². The molecule has 9 N–H and O–H groups in total. The van der Waals surface area contributed by atoms with Crippen LogP contribution in [-0.4, -0.2) is 276 Å². The number of methoxy groups -OCH3 is 3. The molecule has 1 aliphatic carbocycles. The van der Waals surface area contributed by atoms with Gasteiger partial charge in [-0.05, 0) is 138 Å². The number of anilines is 3. The summed E-state index contributed by atoms with van der Waals surface area (Å²) < 4.78 is 66.9. The third-order valence-corrected chi connectivity index (χ3v) is 24.2. The topological polar surface area (TPSA) is 437 Å². The number of fused-ring (bicyclic) bond motifs is 5. The number of aryl methyl sites for hydroxylation is 1. The van der Waals surface area contributed by atoms with Crippen molar-refractivity contribution in [3.63, 3.8) is 0 Å². The Balaban J connectivity index is 0.610. The number of hydrogen-bond acceptors (Lipinski definition) is 30. The standard InChI is InChI=1S/C88H130N14O20/c1-55-18-12-11-13-19-56(2)70(112-8)49-65-24-21-61(7)88(111,122-65)80(107)83(108)101-29-16-14-20-67(101)84(109)119-72(50-71(113-9)57(3)45-60(6)78(105)79(106)77(104)59(5)44-55)58(4)46-62-22-25-69(73(47-62)114-10)121-87(110)94-53-63-51-92-86(93-52-63)100-33-31-99(32-34-100)35-37-116-39-41-118-43-42-117-40-38-115-36-27-74(103)91-28-15-17-30-102-82-75(81(89)95-54-96-82)76(98-102)64-23-26-68-66(48-64)97-85(90)120-68/h11-13,18-19,23,26,45,48,51-52,54-55,57-59,61-62,65,67,69-73,78-79,105-106,111H,14-17,20-22,24-25,27-44,46-47,49-50,53H2,1-10H3,(H2,90,97)(H,91,103)(H,94,110)(H2,89,95,96)/b13-11+,18-12+,56-19+,60-45+/t55-,57-,58-,59-,61-,62+,65+,67+,69-,70+,71-,72+,73-,78-,79+,88-/m1/s1. The number of ketones is 2. The maximum Gasteiger partial charge on any atom is 0.407 e. The zero-order valence-corrected chi connectivity index (χ0v) is 72.6. The lowest BCUT2D eigenvalue weighted by Gasteiger charge is -2.43. The molecule has 4 aromatic heterocycles. The number of aromatic nitrogens is 7. The van der Waals surface area contributed by atoms with E-state index in [0.29, 0.717) is 174 Å². The van der Waals surface area contributed by atoms with E-state index in [2.05, 4.69) is 45.4 Å². The van der Waals surface area contributed by atoms with Crippen LogP contribution in [0.3, 0.4) is 0 Å². The number of carbonyl (C=O) groups is 6. The largest absolute Gasteiger partial charge is 0.460 e. The summed E-state index contributed by atoms with van der Waals surface area (Å²) in [6.07, 6.45) is 15.6. The molecule has 3 amide bonds. The monoisotopic (exact) mass is 1700 g/mol. The van der Waals surface area contributed by atoms with Gasteiger partial charge in [0.05, 0.1) is 82.7 Å². The molecule has 34 heteroatoms. The second-order valence-corrected chi connectivity index (χ2v) is 33.3. The molecular weight excluding hydrogens is 1570 g/mol. The second kappa shape index (κ2) is 47.4. The number of piperidine rings is 1. The third-order valence-electron chi connectivity index (χ3n) is 24.2. The number of nitrogen functional groups attached to an aromatic ring is 2. The SMILES string of the molecule is CO[C@H]1C[C@@H]2CC[C@@H](C)[C@@](O)(O2)C(=O)C(=O)N2CCCC[C@H]2C(=O)O[C@H]([C@H](C)C[C@@H]2CC[C@@H](OC(=O)NCc3cnc(N4CCN(CCOCCOCCOCCOCCC(=O)NCCCCn5nc(-c6ccc7oc(N)nc7c6)c6c(N)ncnc65)CC4)nc3)[C@H](OC)C2)C[C@@H](OC)[C@H](C)/C=C(\C)[C@@H](O)[C@@H](O)C(=O)[C@H](C)C[C@H](C)/C=C/C=C/C=C/1C. The van der Waals surface area contributed by atoms with Crippen LogP contribution < -0.4 is 27.0 Å². The Kier molecular flexibility index (Phi) is 37.0. The second-order valence-electron chi connectivity index (χ2n) is 33.3. The molecule has 10 rings (SSSR count). The number of carbonyl (C=O) groups excluding carboxylic acids is 6. The van der Waals surface area contributed by atoms with Gasteiger partial charge in [-0.15, -0.1) is 0 Å². The molecule has 34 nitrogen and oxygen atoms in total. The Morgan fingerprint density at radius 3 is 2.17 bits per heavy atom. The molecule has 8 heterocycles. The number of nitrogens with one attached hydrogen (secondary N) is 2. The normalized spacial score (nSPS) is 28.5. The van der Waals surface area contributed by atoms with E-state index in [4.69, 9.17) is 68.4 Å². The van der Waals surface area contributed by atoms with Gasteiger partial charge in [0.25, 0.3) is 17.7 Å². The first kappa shape index (κ1) is 95.5. The maximum absolute atomic E-state index is 14.9. The number of Topliss-reactive ketones (excluding diaryl/α,β-unsaturated/α-hetero) is 2.